The van der Waals surface area contributed by atoms with Gasteiger partial charge in [-0.25, -0.2) is 9.97 Å². The van der Waals surface area contributed by atoms with Crippen molar-refractivity contribution in [2.45, 2.75) is 6.92 Å². The highest BCUT2D eigenvalue weighted by Gasteiger charge is 2.20. The van der Waals surface area contributed by atoms with Gasteiger partial charge in [0, 0.05) is 37.4 Å². The summed E-state index contributed by atoms with van der Waals surface area (Å²) < 4.78 is 2.11. The first-order valence-electron chi connectivity index (χ1n) is 7.50. The van der Waals surface area contributed by atoms with Crippen LogP contribution >= 0.6 is 11.6 Å². The number of hydrogen-bond donors (Lipinski definition) is 0. The number of halogens is 1. The predicted octanol–water partition coefficient (Wildman–Crippen LogP) is 2.60. The molecule has 3 heterocycles. The fourth-order valence-corrected chi connectivity index (χ4v) is 3.18. The third-order valence-corrected chi connectivity index (χ3v) is 4.49. The highest BCUT2D eigenvalue weighted by Crippen LogP contribution is 2.27. The van der Waals surface area contributed by atoms with Crippen LogP contribution in [0.3, 0.4) is 0 Å². The molecule has 0 unspecified atom stereocenters. The molecule has 0 saturated carbocycles. The number of fused-ring (bicyclic) bond motifs is 3. The van der Waals surface area contributed by atoms with Crippen molar-refractivity contribution in [1.82, 2.24) is 19.3 Å². The molecule has 0 radical (unpaired) electrons. The van der Waals surface area contributed by atoms with Crippen molar-refractivity contribution in [3.63, 3.8) is 0 Å². The van der Waals surface area contributed by atoms with Crippen LogP contribution in [0.25, 0.3) is 16.7 Å². The summed E-state index contributed by atoms with van der Waals surface area (Å²) in [5.74, 6) is 0.969. The van der Waals surface area contributed by atoms with Crippen molar-refractivity contribution in [2.75, 3.05) is 38.1 Å². The number of nitrogens with zero attached hydrogens (tertiary/aromatic N) is 5. The van der Waals surface area contributed by atoms with Crippen molar-refractivity contribution in [2.24, 2.45) is 0 Å². The van der Waals surface area contributed by atoms with E-state index in [4.69, 9.17) is 16.6 Å². The average molecular weight is 316 g/mol. The van der Waals surface area contributed by atoms with Gasteiger partial charge in [-0.15, -0.1) is 0 Å². The van der Waals surface area contributed by atoms with Crippen LogP contribution in [0.15, 0.2) is 24.4 Å². The summed E-state index contributed by atoms with van der Waals surface area (Å²) in [5.41, 5.74) is 3.85. The maximum atomic E-state index is 6.15. The third-order valence-electron chi connectivity index (χ3n) is 4.25. The normalized spacial score (nSPS) is 16.8. The van der Waals surface area contributed by atoms with Gasteiger partial charge in [-0.05, 0) is 32.2 Å². The second-order valence-corrected chi connectivity index (χ2v) is 6.37. The zero-order valence-corrected chi connectivity index (χ0v) is 13.5. The molecule has 0 atom stereocenters. The van der Waals surface area contributed by atoms with Crippen LogP contribution in [0.2, 0.25) is 5.02 Å². The van der Waals surface area contributed by atoms with Crippen molar-refractivity contribution < 1.29 is 0 Å². The van der Waals surface area contributed by atoms with E-state index in [0.717, 1.165) is 54.4 Å². The lowest BCUT2D eigenvalue weighted by molar-refractivity contribution is 0.312. The smallest absolute Gasteiger partial charge is 0.181 e. The van der Waals surface area contributed by atoms with Gasteiger partial charge < -0.3 is 9.80 Å². The van der Waals surface area contributed by atoms with Gasteiger partial charge >= 0.3 is 0 Å². The highest BCUT2D eigenvalue weighted by atomic mass is 35.5. The van der Waals surface area contributed by atoms with E-state index in [1.165, 1.54) is 0 Å². The van der Waals surface area contributed by atoms with Crippen molar-refractivity contribution in [3.05, 3.63) is 35.1 Å². The van der Waals surface area contributed by atoms with E-state index in [-0.39, 0.29) is 0 Å². The number of anilines is 1. The minimum Gasteiger partial charge on any atom is -0.351 e. The van der Waals surface area contributed by atoms with Crippen LogP contribution in [0.1, 0.15) is 5.69 Å². The molecule has 1 saturated heterocycles. The van der Waals surface area contributed by atoms with Gasteiger partial charge in [0.05, 0.1) is 16.7 Å². The van der Waals surface area contributed by atoms with Crippen molar-refractivity contribution in [3.8, 4) is 0 Å². The molecule has 1 fully saturated rings. The monoisotopic (exact) mass is 315 g/mol. The molecular weight excluding hydrogens is 298 g/mol. The predicted molar refractivity (Wildman–Crippen MR) is 90.0 cm³/mol. The van der Waals surface area contributed by atoms with Crippen LogP contribution in [0, 0.1) is 6.92 Å². The first-order valence-corrected chi connectivity index (χ1v) is 7.88. The minimum absolute atomic E-state index is 0.717. The van der Waals surface area contributed by atoms with Gasteiger partial charge in [-0.1, -0.05) is 11.6 Å². The molecule has 4 rings (SSSR count). The Kier molecular flexibility index (Phi) is 3.20. The van der Waals surface area contributed by atoms with Gasteiger partial charge in [-0.3, -0.25) is 4.40 Å². The topological polar surface area (TPSA) is 36.7 Å². The van der Waals surface area contributed by atoms with Crippen LogP contribution < -0.4 is 4.90 Å². The molecule has 0 amide bonds. The first kappa shape index (κ1) is 13.8. The lowest BCUT2D eigenvalue weighted by Gasteiger charge is -2.33. The number of imidazole rings is 1. The molecule has 22 heavy (non-hydrogen) atoms. The zero-order valence-electron chi connectivity index (χ0n) is 12.8. The largest absolute Gasteiger partial charge is 0.351 e. The molecule has 1 aromatic carbocycles. The maximum absolute atomic E-state index is 6.15. The summed E-state index contributed by atoms with van der Waals surface area (Å²) in [6, 6.07) is 5.82. The molecule has 1 aliphatic heterocycles. The molecular formula is C16H18ClN5. The van der Waals surface area contributed by atoms with Crippen LogP contribution in [0.5, 0.6) is 0 Å². The number of rotatable bonds is 1. The molecule has 1 aliphatic rings. The van der Waals surface area contributed by atoms with Crippen LogP contribution in [-0.2, 0) is 0 Å². The maximum Gasteiger partial charge on any atom is 0.181 e. The second kappa shape index (κ2) is 5.11. The Morgan fingerprint density at radius 2 is 1.86 bits per heavy atom. The van der Waals surface area contributed by atoms with E-state index in [1.807, 2.05) is 25.1 Å². The van der Waals surface area contributed by atoms with E-state index in [9.17, 15) is 0 Å². The Morgan fingerprint density at radius 3 is 2.64 bits per heavy atom. The summed E-state index contributed by atoms with van der Waals surface area (Å²) in [7, 11) is 2.16. The highest BCUT2D eigenvalue weighted by molar-refractivity contribution is 6.31. The molecule has 0 spiro atoms. The molecule has 0 aliphatic carbocycles. The van der Waals surface area contributed by atoms with Gasteiger partial charge in [0.25, 0.3) is 0 Å². The summed E-state index contributed by atoms with van der Waals surface area (Å²) in [5, 5.41) is 0.717. The zero-order chi connectivity index (χ0) is 15.3. The van der Waals surface area contributed by atoms with Crippen LogP contribution in [-0.4, -0.2) is 52.5 Å². The van der Waals surface area contributed by atoms with E-state index in [1.54, 1.807) is 0 Å². The Hall–Kier alpha value is -1.85. The third kappa shape index (κ3) is 2.21. The van der Waals surface area contributed by atoms with Gasteiger partial charge in [-0.2, -0.15) is 0 Å². The number of likely N-dealkylation sites (N-methyl/N-ethyl adjacent to an activating group) is 1. The standard InChI is InChI=1S/C16H18ClN5/c1-11-10-22-14-9-12(17)3-4-13(14)19-15(16(22)18-11)21-7-5-20(2)6-8-21/h3-4,9-10H,5-8H2,1-2H3. The summed E-state index contributed by atoms with van der Waals surface area (Å²) in [6.45, 7) is 6.06. The SMILES string of the molecule is Cc1cn2c(n1)c(N1CCN(C)CC1)nc1ccc(Cl)cc12. The quantitative estimate of drug-likeness (QED) is 0.691. The van der Waals surface area contributed by atoms with Crippen molar-refractivity contribution in [1.29, 1.82) is 0 Å². The summed E-state index contributed by atoms with van der Waals surface area (Å²) in [6.07, 6.45) is 2.05. The van der Waals surface area contributed by atoms with E-state index >= 15 is 0 Å². The number of aromatic nitrogens is 3. The molecule has 5 nitrogen and oxygen atoms in total. The van der Waals surface area contributed by atoms with Gasteiger partial charge in [0.15, 0.2) is 11.5 Å². The number of benzene rings is 1. The first-order chi connectivity index (χ1) is 10.6. The molecule has 3 aromatic rings. The molecule has 0 bridgehead atoms. The molecule has 6 heteroatoms. The number of aryl methyl sites for hydroxylation is 1. The lowest BCUT2D eigenvalue weighted by atomic mass is 10.3. The molecule has 0 N–H and O–H groups in total. The fraction of sp³-hybridized carbons (Fsp3) is 0.375. The Labute approximate surface area is 134 Å². The Balaban J connectivity index is 1.94. The van der Waals surface area contributed by atoms with Gasteiger partial charge in [0.2, 0.25) is 0 Å². The minimum atomic E-state index is 0.717. The van der Waals surface area contributed by atoms with E-state index in [2.05, 4.69) is 32.4 Å². The van der Waals surface area contributed by atoms with Gasteiger partial charge in [0.1, 0.15) is 0 Å². The molecule has 2 aromatic heterocycles. The second-order valence-electron chi connectivity index (χ2n) is 5.93. The van der Waals surface area contributed by atoms with Crippen LogP contribution in [0.4, 0.5) is 5.82 Å². The summed E-state index contributed by atoms with van der Waals surface area (Å²) in [4.78, 5) is 14.2. The lowest BCUT2D eigenvalue weighted by Crippen LogP contribution is -2.45. The van der Waals surface area contributed by atoms with Crippen molar-refractivity contribution >= 4 is 34.1 Å². The fourth-order valence-electron chi connectivity index (χ4n) is 3.02. The number of hydrogen-bond acceptors (Lipinski definition) is 4. The molecule has 114 valence electrons. The summed E-state index contributed by atoms with van der Waals surface area (Å²) >= 11 is 6.15. The van der Waals surface area contributed by atoms with E-state index < -0.39 is 0 Å². The number of piperazine rings is 1. The Morgan fingerprint density at radius 1 is 1.09 bits per heavy atom. The Bertz CT molecular complexity index is 848. The van der Waals surface area contributed by atoms with E-state index in [0.29, 0.717) is 5.02 Å². The average Bonchev–Trinajstić information content (AvgIpc) is 2.89.